The van der Waals surface area contributed by atoms with E-state index in [1.54, 1.807) is 32.9 Å². The first kappa shape index (κ1) is 24.0. The second-order valence-corrected chi connectivity index (χ2v) is 9.05. The van der Waals surface area contributed by atoms with E-state index < -0.39 is 11.7 Å². The van der Waals surface area contributed by atoms with Crippen molar-refractivity contribution in [3.8, 4) is 0 Å². The van der Waals surface area contributed by atoms with Gasteiger partial charge in [0.05, 0.1) is 6.42 Å². The van der Waals surface area contributed by atoms with E-state index in [1.807, 2.05) is 17.0 Å². The monoisotopic (exact) mass is 437 g/mol. The molecule has 2 N–H and O–H groups in total. The number of benzene rings is 1. The van der Waals surface area contributed by atoms with Crippen molar-refractivity contribution in [3.05, 3.63) is 34.9 Å². The van der Waals surface area contributed by atoms with E-state index in [1.165, 1.54) is 0 Å². The second-order valence-electron chi connectivity index (χ2n) is 8.61. The maximum absolute atomic E-state index is 12.5. The molecule has 30 heavy (non-hydrogen) atoms. The third-order valence-corrected chi connectivity index (χ3v) is 5.10. The summed E-state index contributed by atoms with van der Waals surface area (Å²) in [5.74, 6) is 0.368. The second kappa shape index (κ2) is 11.2. The van der Waals surface area contributed by atoms with Gasteiger partial charge in [-0.1, -0.05) is 23.7 Å². The van der Waals surface area contributed by atoms with E-state index in [0.717, 1.165) is 18.4 Å². The van der Waals surface area contributed by atoms with E-state index in [9.17, 15) is 14.4 Å². The molecule has 0 radical (unpaired) electrons. The summed E-state index contributed by atoms with van der Waals surface area (Å²) < 4.78 is 5.13. The molecule has 8 heteroatoms. The van der Waals surface area contributed by atoms with E-state index in [0.29, 0.717) is 37.0 Å². The van der Waals surface area contributed by atoms with Crippen LogP contribution in [0.3, 0.4) is 0 Å². The van der Waals surface area contributed by atoms with Gasteiger partial charge in [-0.3, -0.25) is 9.59 Å². The highest BCUT2D eigenvalue weighted by molar-refractivity contribution is 6.30. The van der Waals surface area contributed by atoms with E-state index in [2.05, 4.69) is 10.6 Å². The first-order valence-electron chi connectivity index (χ1n) is 10.4. The topological polar surface area (TPSA) is 87.7 Å². The van der Waals surface area contributed by atoms with Crippen LogP contribution in [0.4, 0.5) is 4.79 Å². The van der Waals surface area contributed by atoms with Crippen molar-refractivity contribution in [2.75, 3.05) is 26.2 Å². The highest BCUT2D eigenvalue weighted by atomic mass is 35.5. The van der Waals surface area contributed by atoms with Gasteiger partial charge in [0, 0.05) is 37.6 Å². The highest BCUT2D eigenvalue weighted by Crippen LogP contribution is 2.18. The summed E-state index contributed by atoms with van der Waals surface area (Å²) in [7, 11) is 0. The molecule has 0 saturated carbocycles. The number of ether oxygens (including phenoxy) is 1. The third-order valence-electron chi connectivity index (χ3n) is 4.84. The fourth-order valence-corrected chi connectivity index (χ4v) is 3.34. The van der Waals surface area contributed by atoms with Crippen LogP contribution in [0, 0.1) is 5.92 Å². The first-order valence-corrected chi connectivity index (χ1v) is 10.8. The Morgan fingerprint density at radius 3 is 2.33 bits per heavy atom. The van der Waals surface area contributed by atoms with Crippen LogP contribution in [0.25, 0.3) is 0 Å². The average molecular weight is 438 g/mol. The first-order chi connectivity index (χ1) is 14.1. The molecule has 0 unspecified atom stereocenters. The molecule has 0 bridgehead atoms. The van der Waals surface area contributed by atoms with Crippen LogP contribution in [-0.4, -0.2) is 54.6 Å². The molecule has 1 heterocycles. The van der Waals surface area contributed by atoms with Crippen LogP contribution in [0.5, 0.6) is 0 Å². The van der Waals surface area contributed by atoms with E-state index in [-0.39, 0.29) is 24.8 Å². The van der Waals surface area contributed by atoms with Crippen molar-refractivity contribution in [3.63, 3.8) is 0 Å². The lowest BCUT2D eigenvalue weighted by Crippen LogP contribution is -2.42. The lowest BCUT2D eigenvalue weighted by Gasteiger charge is -2.32. The maximum atomic E-state index is 12.5. The zero-order chi connectivity index (χ0) is 22.1. The molecule has 1 aliphatic heterocycles. The van der Waals surface area contributed by atoms with Crippen LogP contribution in [0.1, 0.15) is 45.6 Å². The Morgan fingerprint density at radius 2 is 1.73 bits per heavy atom. The number of carbonyl (C=O) groups is 3. The van der Waals surface area contributed by atoms with Crippen molar-refractivity contribution in [2.24, 2.45) is 5.92 Å². The quantitative estimate of drug-likeness (QED) is 0.685. The lowest BCUT2D eigenvalue weighted by atomic mass is 9.96. The summed E-state index contributed by atoms with van der Waals surface area (Å²) in [5, 5.41) is 6.15. The van der Waals surface area contributed by atoms with Gasteiger partial charge in [-0.05, 0) is 57.2 Å². The van der Waals surface area contributed by atoms with Crippen molar-refractivity contribution in [2.45, 2.75) is 52.1 Å². The average Bonchev–Trinajstić information content (AvgIpc) is 2.67. The van der Waals surface area contributed by atoms with Crippen LogP contribution in [0.2, 0.25) is 5.02 Å². The summed E-state index contributed by atoms with van der Waals surface area (Å²) in [6.45, 7) is 7.59. The zero-order valence-corrected chi connectivity index (χ0v) is 18.8. The molecule has 1 aromatic carbocycles. The molecule has 2 rings (SSSR count). The van der Waals surface area contributed by atoms with Gasteiger partial charge >= 0.3 is 6.09 Å². The molecular weight excluding hydrogens is 406 g/mol. The Bertz CT molecular complexity index is 723. The Labute approximate surface area is 183 Å². The number of nitrogens with zero attached hydrogens (tertiary/aromatic N) is 1. The van der Waals surface area contributed by atoms with Gasteiger partial charge in [0.1, 0.15) is 5.60 Å². The minimum Gasteiger partial charge on any atom is -0.444 e. The predicted octanol–water partition coefficient (Wildman–Crippen LogP) is 3.15. The zero-order valence-electron chi connectivity index (χ0n) is 18.0. The van der Waals surface area contributed by atoms with Gasteiger partial charge in [-0.25, -0.2) is 4.79 Å². The van der Waals surface area contributed by atoms with Crippen LogP contribution in [-0.2, 0) is 20.7 Å². The Kier molecular flexibility index (Phi) is 8.96. The van der Waals surface area contributed by atoms with Crippen molar-refractivity contribution in [1.82, 2.24) is 15.5 Å². The summed E-state index contributed by atoms with van der Waals surface area (Å²) in [6.07, 6.45) is 1.79. The Morgan fingerprint density at radius 1 is 1.10 bits per heavy atom. The molecule has 3 amide bonds. The van der Waals surface area contributed by atoms with Gasteiger partial charge in [0.2, 0.25) is 11.8 Å². The standard InChI is InChI=1S/C22H32ClN3O4/c1-22(2,3)30-21(29)24-11-8-19(27)25-15-17-9-12-26(13-10-17)20(28)14-16-4-6-18(23)7-5-16/h4-7,17H,8-15H2,1-3H3,(H,24,29)(H,25,27). The van der Waals surface area contributed by atoms with Gasteiger partial charge < -0.3 is 20.3 Å². The molecule has 166 valence electrons. The van der Waals surface area contributed by atoms with Crippen molar-refractivity contribution < 1.29 is 19.1 Å². The molecule has 1 aromatic rings. The minimum absolute atomic E-state index is 0.104. The minimum atomic E-state index is -0.558. The van der Waals surface area contributed by atoms with E-state index >= 15 is 0 Å². The van der Waals surface area contributed by atoms with Gasteiger partial charge in [-0.15, -0.1) is 0 Å². The number of rotatable bonds is 7. The fourth-order valence-electron chi connectivity index (χ4n) is 3.21. The molecular formula is C22H32ClN3O4. The summed E-state index contributed by atoms with van der Waals surface area (Å²) in [5.41, 5.74) is 0.399. The summed E-state index contributed by atoms with van der Waals surface area (Å²) in [6, 6.07) is 7.34. The van der Waals surface area contributed by atoms with Crippen molar-refractivity contribution in [1.29, 1.82) is 0 Å². The number of piperidine rings is 1. The Balaban J connectivity index is 1.60. The molecule has 1 aliphatic rings. The van der Waals surface area contributed by atoms with Gasteiger partial charge in [-0.2, -0.15) is 0 Å². The number of likely N-dealkylation sites (tertiary alicyclic amines) is 1. The summed E-state index contributed by atoms with van der Waals surface area (Å²) >= 11 is 5.88. The van der Waals surface area contributed by atoms with Crippen LogP contribution < -0.4 is 10.6 Å². The van der Waals surface area contributed by atoms with Gasteiger partial charge in [0.15, 0.2) is 0 Å². The Hall–Kier alpha value is -2.28. The maximum Gasteiger partial charge on any atom is 0.407 e. The molecule has 1 fully saturated rings. The van der Waals surface area contributed by atoms with Crippen molar-refractivity contribution >= 4 is 29.5 Å². The molecule has 0 spiro atoms. The number of halogens is 1. The number of carbonyl (C=O) groups excluding carboxylic acids is 3. The summed E-state index contributed by atoms with van der Waals surface area (Å²) in [4.78, 5) is 37.9. The number of hydrogen-bond donors (Lipinski definition) is 2. The molecule has 0 aliphatic carbocycles. The van der Waals surface area contributed by atoms with E-state index in [4.69, 9.17) is 16.3 Å². The number of amides is 3. The third kappa shape index (κ3) is 9.03. The smallest absolute Gasteiger partial charge is 0.407 e. The molecule has 0 aromatic heterocycles. The van der Waals surface area contributed by atoms with Gasteiger partial charge in [0.25, 0.3) is 0 Å². The molecule has 0 atom stereocenters. The highest BCUT2D eigenvalue weighted by Gasteiger charge is 2.23. The lowest BCUT2D eigenvalue weighted by molar-refractivity contribution is -0.132. The molecule has 1 saturated heterocycles. The molecule has 7 nitrogen and oxygen atoms in total. The SMILES string of the molecule is CC(C)(C)OC(=O)NCCC(=O)NCC1CCN(C(=O)Cc2ccc(Cl)cc2)CC1. The van der Waals surface area contributed by atoms with Crippen LogP contribution >= 0.6 is 11.6 Å². The normalized spacial score (nSPS) is 14.9. The number of nitrogens with one attached hydrogen (secondary N) is 2. The predicted molar refractivity (Wildman–Crippen MR) is 116 cm³/mol. The largest absolute Gasteiger partial charge is 0.444 e. The number of alkyl carbamates (subject to hydrolysis) is 1. The fraction of sp³-hybridized carbons (Fsp3) is 0.591. The van der Waals surface area contributed by atoms with Crippen LogP contribution in [0.15, 0.2) is 24.3 Å². The number of hydrogen-bond acceptors (Lipinski definition) is 4.